The third-order valence-corrected chi connectivity index (χ3v) is 3.19. The number of carbonyl (C=O) groups is 1. The molecule has 0 unspecified atom stereocenters. The number of amides is 1. The van der Waals surface area contributed by atoms with Crippen molar-refractivity contribution in [2.75, 3.05) is 31.6 Å². The summed E-state index contributed by atoms with van der Waals surface area (Å²) in [6.07, 6.45) is 0. The smallest absolute Gasteiger partial charge is 0.239 e. The highest BCUT2D eigenvalue weighted by Crippen LogP contribution is 2.33. The van der Waals surface area contributed by atoms with Crippen LogP contribution in [0.15, 0.2) is 12.1 Å². The van der Waals surface area contributed by atoms with E-state index in [-0.39, 0.29) is 18.2 Å². The van der Waals surface area contributed by atoms with Crippen molar-refractivity contribution in [1.29, 1.82) is 0 Å². The van der Waals surface area contributed by atoms with Gasteiger partial charge in [-0.25, -0.2) is 4.39 Å². The number of nitrogens with one attached hydrogen (secondary N) is 1. The lowest BCUT2D eigenvalue weighted by molar-refractivity contribution is -0.120. The average molecular weight is 350 g/mol. The van der Waals surface area contributed by atoms with Crippen LogP contribution in [0.5, 0.6) is 5.75 Å². The topological polar surface area (TPSA) is 41.6 Å². The Labute approximate surface area is 112 Å². The highest BCUT2D eigenvalue weighted by Gasteiger charge is 2.22. The van der Waals surface area contributed by atoms with E-state index < -0.39 is 5.82 Å². The number of rotatable bonds is 2. The summed E-state index contributed by atoms with van der Waals surface area (Å²) in [5, 5.41) is 2.73. The summed E-state index contributed by atoms with van der Waals surface area (Å²) in [6.45, 7) is 1.45. The maximum atomic E-state index is 13.7. The molecule has 6 heteroatoms. The van der Waals surface area contributed by atoms with E-state index >= 15 is 0 Å². The number of methoxy groups -OCH3 is 1. The fraction of sp³-hybridized carbons (Fsp3) is 0.364. The van der Waals surface area contributed by atoms with Gasteiger partial charge in [0.15, 0.2) is 11.6 Å². The Morgan fingerprint density at radius 1 is 1.53 bits per heavy atom. The number of piperazine rings is 1. The van der Waals surface area contributed by atoms with Crippen LogP contribution >= 0.6 is 22.6 Å². The number of ether oxygens (including phenoxy) is 1. The highest BCUT2D eigenvalue weighted by molar-refractivity contribution is 14.1. The molecule has 2 rings (SSSR count). The number of hydrogen-bond acceptors (Lipinski definition) is 3. The maximum absolute atomic E-state index is 13.7. The lowest BCUT2D eigenvalue weighted by Crippen LogP contribution is -2.47. The van der Waals surface area contributed by atoms with Crippen molar-refractivity contribution < 1.29 is 13.9 Å². The fourth-order valence-electron chi connectivity index (χ4n) is 1.83. The number of anilines is 1. The zero-order chi connectivity index (χ0) is 12.4. The summed E-state index contributed by atoms with van der Waals surface area (Å²) in [6, 6.07) is 3.23. The van der Waals surface area contributed by atoms with Gasteiger partial charge < -0.3 is 15.0 Å². The van der Waals surface area contributed by atoms with Crippen molar-refractivity contribution in [3.63, 3.8) is 0 Å². The molecule has 1 aliphatic rings. The van der Waals surface area contributed by atoms with Crippen LogP contribution < -0.4 is 15.0 Å². The minimum atomic E-state index is -0.402. The molecule has 1 N–H and O–H groups in total. The molecule has 1 fully saturated rings. The number of halogens is 2. The van der Waals surface area contributed by atoms with Crippen LogP contribution in [0.25, 0.3) is 0 Å². The molecule has 0 spiro atoms. The molecule has 1 heterocycles. The molecule has 1 aromatic rings. The van der Waals surface area contributed by atoms with Gasteiger partial charge in [-0.05, 0) is 34.7 Å². The zero-order valence-corrected chi connectivity index (χ0v) is 11.5. The Bertz CT molecular complexity index is 453. The Kier molecular flexibility index (Phi) is 3.70. The van der Waals surface area contributed by atoms with Gasteiger partial charge in [-0.2, -0.15) is 0 Å². The first-order chi connectivity index (χ1) is 8.11. The minimum absolute atomic E-state index is 0.0578. The fourth-order valence-corrected chi connectivity index (χ4v) is 2.40. The van der Waals surface area contributed by atoms with E-state index in [1.807, 2.05) is 33.6 Å². The molecule has 0 bridgehead atoms. The van der Waals surface area contributed by atoms with E-state index in [4.69, 9.17) is 4.74 Å². The van der Waals surface area contributed by atoms with Gasteiger partial charge in [0.05, 0.1) is 19.3 Å². The van der Waals surface area contributed by atoms with E-state index in [1.165, 1.54) is 13.2 Å². The molecule has 0 saturated carbocycles. The van der Waals surface area contributed by atoms with Crippen LogP contribution in [0, 0.1) is 9.39 Å². The predicted octanol–water partition coefficient (Wildman–Crippen LogP) is 1.38. The Balaban J connectivity index is 2.39. The molecule has 1 saturated heterocycles. The molecule has 1 aromatic carbocycles. The molecule has 1 amide bonds. The van der Waals surface area contributed by atoms with E-state index in [9.17, 15) is 9.18 Å². The lowest BCUT2D eigenvalue weighted by Gasteiger charge is -2.30. The van der Waals surface area contributed by atoms with Crippen molar-refractivity contribution in [2.45, 2.75) is 0 Å². The minimum Gasteiger partial charge on any atom is -0.492 e. The molecule has 4 nitrogen and oxygen atoms in total. The number of hydrogen-bond donors (Lipinski definition) is 1. The van der Waals surface area contributed by atoms with E-state index in [0.717, 1.165) is 3.57 Å². The monoisotopic (exact) mass is 350 g/mol. The standard InChI is InChI=1S/C11H12FIN2O2/c1-17-11-8(12)4-7(13)5-9(11)15-3-2-14-10(16)6-15/h4-5H,2-3,6H2,1H3,(H,14,16). The van der Waals surface area contributed by atoms with Crippen LogP contribution in [0.3, 0.4) is 0 Å². The lowest BCUT2D eigenvalue weighted by atomic mass is 10.2. The predicted molar refractivity (Wildman–Crippen MR) is 70.9 cm³/mol. The summed E-state index contributed by atoms with van der Waals surface area (Å²) in [4.78, 5) is 13.1. The number of benzene rings is 1. The third kappa shape index (κ3) is 2.62. The molecule has 17 heavy (non-hydrogen) atoms. The van der Waals surface area contributed by atoms with Crippen LogP contribution in [0.2, 0.25) is 0 Å². The largest absolute Gasteiger partial charge is 0.492 e. The van der Waals surface area contributed by atoms with Gasteiger partial charge in [-0.3, -0.25) is 4.79 Å². The first kappa shape index (κ1) is 12.4. The third-order valence-electron chi connectivity index (χ3n) is 2.57. The average Bonchev–Trinajstić information content (AvgIpc) is 2.28. The second-order valence-electron chi connectivity index (χ2n) is 3.71. The number of nitrogens with zero attached hydrogens (tertiary/aromatic N) is 1. The second kappa shape index (κ2) is 5.07. The molecule has 0 atom stereocenters. The SMILES string of the molecule is COc1c(F)cc(I)cc1N1CCNC(=O)C1. The molecular formula is C11H12FIN2O2. The number of carbonyl (C=O) groups excluding carboxylic acids is 1. The van der Waals surface area contributed by atoms with Crippen molar-refractivity contribution >= 4 is 34.2 Å². The Hall–Kier alpha value is -1.05. The second-order valence-corrected chi connectivity index (χ2v) is 4.96. The van der Waals surface area contributed by atoms with Gasteiger partial charge in [0.2, 0.25) is 5.91 Å². The first-order valence-electron chi connectivity index (χ1n) is 5.16. The Morgan fingerprint density at radius 3 is 2.94 bits per heavy atom. The molecule has 1 aliphatic heterocycles. The van der Waals surface area contributed by atoms with Gasteiger partial charge in [0, 0.05) is 16.7 Å². The Morgan fingerprint density at radius 2 is 2.29 bits per heavy atom. The van der Waals surface area contributed by atoms with Gasteiger partial charge in [0.1, 0.15) is 0 Å². The normalized spacial score (nSPS) is 15.7. The highest BCUT2D eigenvalue weighted by atomic mass is 127. The van der Waals surface area contributed by atoms with Gasteiger partial charge in [-0.1, -0.05) is 0 Å². The summed E-state index contributed by atoms with van der Waals surface area (Å²) < 4.78 is 19.6. The zero-order valence-electron chi connectivity index (χ0n) is 9.30. The van der Waals surface area contributed by atoms with Crippen LogP contribution in [-0.4, -0.2) is 32.7 Å². The molecule has 92 valence electrons. The quantitative estimate of drug-likeness (QED) is 0.820. The van der Waals surface area contributed by atoms with E-state index in [2.05, 4.69) is 5.32 Å². The summed E-state index contributed by atoms with van der Waals surface area (Å²) in [7, 11) is 1.43. The molecule has 0 aliphatic carbocycles. The van der Waals surface area contributed by atoms with Crippen molar-refractivity contribution in [3.8, 4) is 5.75 Å². The van der Waals surface area contributed by atoms with E-state index in [1.54, 1.807) is 0 Å². The summed E-state index contributed by atoms with van der Waals surface area (Å²) in [5.41, 5.74) is 0.631. The van der Waals surface area contributed by atoms with Crippen molar-refractivity contribution in [2.24, 2.45) is 0 Å². The molecule has 0 radical (unpaired) electrons. The van der Waals surface area contributed by atoms with Crippen molar-refractivity contribution in [1.82, 2.24) is 5.32 Å². The van der Waals surface area contributed by atoms with Gasteiger partial charge in [0.25, 0.3) is 0 Å². The molecule has 0 aromatic heterocycles. The van der Waals surface area contributed by atoms with Crippen LogP contribution in [0.4, 0.5) is 10.1 Å². The molecular weight excluding hydrogens is 338 g/mol. The van der Waals surface area contributed by atoms with Crippen LogP contribution in [-0.2, 0) is 4.79 Å². The van der Waals surface area contributed by atoms with E-state index in [0.29, 0.717) is 18.8 Å². The van der Waals surface area contributed by atoms with Gasteiger partial charge >= 0.3 is 0 Å². The van der Waals surface area contributed by atoms with Crippen molar-refractivity contribution in [3.05, 3.63) is 21.5 Å². The first-order valence-corrected chi connectivity index (χ1v) is 6.24. The summed E-state index contributed by atoms with van der Waals surface area (Å²) in [5.74, 6) is -0.266. The van der Waals surface area contributed by atoms with Gasteiger partial charge in [-0.15, -0.1) is 0 Å². The maximum Gasteiger partial charge on any atom is 0.239 e. The summed E-state index contributed by atoms with van der Waals surface area (Å²) >= 11 is 2.04. The van der Waals surface area contributed by atoms with Crippen LogP contribution in [0.1, 0.15) is 0 Å².